The summed E-state index contributed by atoms with van der Waals surface area (Å²) in [5.74, 6) is -0.0854. The molecule has 182 valence electrons. The van der Waals surface area contributed by atoms with E-state index in [4.69, 9.17) is 9.47 Å². The van der Waals surface area contributed by atoms with E-state index in [1.807, 2.05) is 24.4 Å². The van der Waals surface area contributed by atoms with E-state index in [0.29, 0.717) is 25.1 Å². The van der Waals surface area contributed by atoms with E-state index in [-0.39, 0.29) is 24.0 Å². The number of nitrogens with one attached hydrogen (secondary N) is 1. The van der Waals surface area contributed by atoms with Gasteiger partial charge in [-0.25, -0.2) is 4.79 Å². The number of amides is 1. The number of pyridine rings is 1. The summed E-state index contributed by atoms with van der Waals surface area (Å²) in [7, 11) is 1.38. The maximum absolute atomic E-state index is 12.8. The van der Waals surface area contributed by atoms with Crippen molar-refractivity contribution < 1.29 is 19.1 Å². The van der Waals surface area contributed by atoms with Gasteiger partial charge in [-0.2, -0.15) is 0 Å². The van der Waals surface area contributed by atoms with Gasteiger partial charge in [0.15, 0.2) is 0 Å². The van der Waals surface area contributed by atoms with Crippen LogP contribution < -0.4 is 5.32 Å². The van der Waals surface area contributed by atoms with E-state index >= 15 is 0 Å². The Morgan fingerprint density at radius 3 is 2.74 bits per heavy atom. The molecule has 8 heteroatoms. The van der Waals surface area contributed by atoms with Gasteiger partial charge in [0.2, 0.25) is 5.91 Å². The minimum Gasteiger partial charge on any atom is -0.465 e. The molecule has 2 aliphatic heterocycles. The first-order chi connectivity index (χ1) is 16.7. The number of benzene rings is 1. The molecule has 2 fully saturated rings. The number of hydrogen-bond donors (Lipinski definition) is 1. The quantitative estimate of drug-likeness (QED) is 0.425. The molecule has 2 atom stereocenters. The van der Waals surface area contributed by atoms with E-state index in [0.717, 1.165) is 56.8 Å². The first kappa shape index (κ1) is 24.3. The summed E-state index contributed by atoms with van der Waals surface area (Å²) in [5.41, 5.74) is 2.81. The Bertz CT molecular complexity index is 932. The number of morpholine rings is 1. The lowest BCUT2D eigenvalue weighted by Gasteiger charge is -2.38. The number of carbonyl (C=O) groups excluding carboxylic acids is 2. The van der Waals surface area contributed by atoms with Crippen molar-refractivity contribution in [3.05, 3.63) is 65.5 Å². The third-order valence-electron chi connectivity index (χ3n) is 6.74. The number of nitrogens with zero attached hydrogens (tertiary/aromatic N) is 3. The topological polar surface area (TPSA) is 84.0 Å². The predicted molar refractivity (Wildman–Crippen MR) is 128 cm³/mol. The van der Waals surface area contributed by atoms with E-state index < -0.39 is 0 Å². The Morgan fingerprint density at radius 1 is 1.24 bits per heavy atom. The van der Waals surface area contributed by atoms with Crippen LogP contribution in [0.2, 0.25) is 0 Å². The van der Waals surface area contributed by atoms with Crippen LogP contribution in [0.15, 0.2) is 48.8 Å². The average molecular weight is 467 g/mol. The highest BCUT2D eigenvalue weighted by molar-refractivity contribution is 5.89. The number of likely N-dealkylation sites (tertiary alicyclic amines) is 1. The molecule has 1 aromatic carbocycles. The molecule has 0 aliphatic carbocycles. The maximum atomic E-state index is 12.8. The molecule has 0 spiro atoms. The van der Waals surface area contributed by atoms with Crippen molar-refractivity contribution >= 4 is 11.9 Å². The van der Waals surface area contributed by atoms with Crippen molar-refractivity contribution in [1.82, 2.24) is 20.1 Å². The fraction of sp³-hybridized carbons (Fsp3) is 0.500. The molecule has 2 aliphatic rings. The van der Waals surface area contributed by atoms with Crippen molar-refractivity contribution in [3.8, 4) is 0 Å². The van der Waals surface area contributed by atoms with Crippen LogP contribution in [-0.4, -0.2) is 79.2 Å². The van der Waals surface area contributed by atoms with Crippen LogP contribution in [0.25, 0.3) is 0 Å². The molecule has 2 saturated heterocycles. The van der Waals surface area contributed by atoms with Gasteiger partial charge in [-0.05, 0) is 48.7 Å². The predicted octanol–water partition coefficient (Wildman–Crippen LogP) is 2.41. The van der Waals surface area contributed by atoms with E-state index in [1.54, 1.807) is 18.3 Å². The van der Waals surface area contributed by atoms with E-state index in [9.17, 15) is 9.59 Å². The summed E-state index contributed by atoms with van der Waals surface area (Å²) in [4.78, 5) is 33.2. The van der Waals surface area contributed by atoms with Gasteiger partial charge in [0.25, 0.3) is 0 Å². The lowest BCUT2D eigenvalue weighted by molar-refractivity contribution is -0.130. The van der Waals surface area contributed by atoms with Crippen LogP contribution in [-0.2, 0) is 20.8 Å². The summed E-state index contributed by atoms with van der Waals surface area (Å²) in [6.45, 7) is 5.39. The second-order valence-corrected chi connectivity index (χ2v) is 8.84. The number of ether oxygens (including phenoxy) is 2. The second kappa shape index (κ2) is 12.1. The fourth-order valence-corrected chi connectivity index (χ4v) is 4.80. The summed E-state index contributed by atoms with van der Waals surface area (Å²) >= 11 is 0. The molecule has 8 nitrogen and oxygen atoms in total. The van der Waals surface area contributed by atoms with Crippen molar-refractivity contribution in [2.24, 2.45) is 0 Å². The molecule has 0 unspecified atom stereocenters. The standard InChI is InChI=1S/C26H34N4O4/c1-33-26(32)21-6-4-20(5-7-21)17-28-12-10-23-8-9-25(31)30(23)19-24(22-3-2-11-27-18-22)29-13-15-34-16-14-29/h2-7,11,18,23-24,28H,8-10,12-17,19H2,1H3/t23-,24-/m0/s1. The van der Waals surface area contributed by atoms with Crippen molar-refractivity contribution in [1.29, 1.82) is 0 Å². The van der Waals surface area contributed by atoms with E-state index in [2.05, 4.69) is 26.2 Å². The smallest absolute Gasteiger partial charge is 0.337 e. The molecule has 3 heterocycles. The van der Waals surface area contributed by atoms with Crippen LogP contribution in [0.1, 0.15) is 46.8 Å². The zero-order valence-corrected chi connectivity index (χ0v) is 19.8. The van der Waals surface area contributed by atoms with Crippen LogP contribution in [0.3, 0.4) is 0 Å². The number of esters is 1. The van der Waals surface area contributed by atoms with Gasteiger partial charge in [-0.1, -0.05) is 18.2 Å². The number of hydrogen-bond acceptors (Lipinski definition) is 7. The first-order valence-electron chi connectivity index (χ1n) is 12.0. The molecule has 1 amide bonds. The molecule has 0 saturated carbocycles. The molecular weight excluding hydrogens is 432 g/mol. The van der Waals surface area contributed by atoms with E-state index in [1.165, 1.54) is 7.11 Å². The zero-order valence-electron chi connectivity index (χ0n) is 19.8. The Morgan fingerprint density at radius 2 is 2.03 bits per heavy atom. The van der Waals surface area contributed by atoms with Crippen LogP contribution >= 0.6 is 0 Å². The number of methoxy groups -OCH3 is 1. The summed E-state index contributed by atoms with van der Waals surface area (Å²) in [6, 6.07) is 11.9. The zero-order chi connectivity index (χ0) is 23.8. The number of aromatic nitrogens is 1. The number of rotatable bonds is 10. The molecule has 2 aromatic rings. The van der Waals surface area contributed by atoms with Crippen LogP contribution in [0.4, 0.5) is 0 Å². The molecule has 1 aromatic heterocycles. The largest absolute Gasteiger partial charge is 0.465 e. The van der Waals surface area contributed by atoms with Gasteiger partial charge in [0.05, 0.1) is 31.9 Å². The van der Waals surface area contributed by atoms with Gasteiger partial charge in [0, 0.05) is 51.0 Å². The van der Waals surface area contributed by atoms with Crippen LogP contribution in [0.5, 0.6) is 0 Å². The normalized spacial score (nSPS) is 19.9. The van der Waals surface area contributed by atoms with Crippen LogP contribution in [0, 0.1) is 0 Å². The van der Waals surface area contributed by atoms with Gasteiger partial charge >= 0.3 is 5.97 Å². The molecule has 0 radical (unpaired) electrons. The minimum atomic E-state index is -0.327. The maximum Gasteiger partial charge on any atom is 0.337 e. The highest BCUT2D eigenvalue weighted by Crippen LogP contribution is 2.28. The lowest BCUT2D eigenvalue weighted by Crippen LogP contribution is -2.46. The summed E-state index contributed by atoms with van der Waals surface area (Å²) < 4.78 is 10.3. The van der Waals surface area contributed by atoms with Crippen molar-refractivity contribution in [3.63, 3.8) is 0 Å². The van der Waals surface area contributed by atoms with Gasteiger partial charge < -0.3 is 19.7 Å². The molecule has 4 rings (SSSR count). The minimum absolute atomic E-state index is 0.128. The second-order valence-electron chi connectivity index (χ2n) is 8.84. The highest BCUT2D eigenvalue weighted by atomic mass is 16.5. The van der Waals surface area contributed by atoms with Gasteiger partial charge in [-0.3, -0.25) is 14.7 Å². The summed E-state index contributed by atoms with van der Waals surface area (Å²) in [6.07, 6.45) is 6.13. The fourth-order valence-electron chi connectivity index (χ4n) is 4.80. The van der Waals surface area contributed by atoms with Crippen molar-refractivity contribution in [2.75, 3.05) is 46.5 Å². The molecule has 34 heavy (non-hydrogen) atoms. The molecular formula is C26H34N4O4. The van der Waals surface area contributed by atoms with Gasteiger partial charge in [0.1, 0.15) is 0 Å². The van der Waals surface area contributed by atoms with Crippen molar-refractivity contribution in [2.45, 2.75) is 37.9 Å². The third kappa shape index (κ3) is 6.20. The molecule has 1 N–H and O–H groups in total. The molecule has 0 bridgehead atoms. The SMILES string of the molecule is COC(=O)c1ccc(CNCC[C@@H]2CCC(=O)N2C[C@@H](c2cccnc2)N2CCOCC2)cc1. The first-order valence-corrected chi connectivity index (χ1v) is 12.0. The van der Waals surface area contributed by atoms with Gasteiger partial charge in [-0.15, -0.1) is 0 Å². The Labute approximate surface area is 201 Å². The number of carbonyl (C=O) groups is 2. The average Bonchev–Trinajstić information content (AvgIpc) is 3.24. The monoisotopic (exact) mass is 466 g/mol. The Balaban J connectivity index is 1.32. The lowest BCUT2D eigenvalue weighted by atomic mass is 10.0. The third-order valence-corrected chi connectivity index (χ3v) is 6.74. The Kier molecular flexibility index (Phi) is 8.62. The summed E-state index contributed by atoms with van der Waals surface area (Å²) in [5, 5.41) is 3.48. The Hall–Kier alpha value is -2.81. The highest BCUT2D eigenvalue weighted by Gasteiger charge is 2.34.